The van der Waals surface area contributed by atoms with E-state index in [4.69, 9.17) is 9.84 Å². The van der Waals surface area contributed by atoms with Gasteiger partial charge in [0.05, 0.1) is 30.7 Å². The predicted molar refractivity (Wildman–Crippen MR) is 89.7 cm³/mol. The van der Waals surface area contributed by atoms with Gasteiger partial charge in [-0.15, -0.1) is 0 Å². The highest BCUT2D eigenvalue weighted by Crippen LogP contribution is 2.20. The maximum atomic E-state index is 11.1. The molecule has 6 nitrogen and oxygen atoms in total. The molecule has 2 N–H and O–H groups in total. The Kier molecular flexibility index (Phi) is 4.65. The summed E-state index contributed by atoms with van der Waals surface area (Å²) in [6.07, 6.45) is 9.37. The monoisotopic (exact) mass is 325 g/mol. The first-order valence-electron chi connectivity index (χ1n) is 7.68. The Bertz CT molecular complexity index is 792. The van der Waals surface area contributed by atoms with Gasteiger partial charge in [-0.25, -0.2) is 9.78 Å². The number of carboxylic acids is 1. The number of aromatic nitrogens is 2. The molecule has 1 atom stereocenters. The Labute approximate surface area is 140 Å². The van der Waals surface area contributed by atoms with Crippen molar-refractivity contribution in [2.45, 2.75) is 19.0 Å². The van der Waals surface area contributed by atoms with E-state index in [0.717, 1.165) is 30.0 Å². The molecule has 24 heavy (non-hydrogen) atoms. The Morgan fingerprint density at radius 1 is 1.42 bits per heavy atom. The fraction of sp³-hybridized carbons (Fsp3) is 0.222. The molecule has 2 heterocycles. The van der Waals surface area contributed by atoms with Crippen molar-refractivity contribution in [2.75, 3.05) is 7.11 Å². The van der Waals surface area contributed by atoms with Gasteiger partial charge in [0.1, 0.15) is 5.75 Å². The second-order valence-electron chi connectivity index (χ2n) is 5.50. The minimum Gasteiger partial charge on any atom is -0.496 e. The molecule has 2 aromatic rings. The van der Waals surface area contributed by atoms with Gasteiger partial charge in [-0.1, -0.05) is 18.2 Å². The van der Waals surface area contributed by atoms with Gasteiger partial charge >= 0.3 is 5.97 Å². The van der Waals surface area contributed by atoms with Crippen molar-refractivity contribution in [3.05, 3.63) is 72.0 Å². The highest BCUT2D eigenvalue weighted by Gasteiger charge is 2.16. The Balaban J connectivity index is 1.68. The molecule has 0 saturated heterocycles. The van der Waals surface area contributed by atoms with E-state index in [2.05, 4.69) is 10.3 Å². The molecular formula is C18H19N3O3. The average Bonchev–Trinajstić information content (AvgIpc) is 3.09. The summed E-state index contributed by atoms with van der Waals surface area (Å²) in [5.41, 5.74) is 2.20. The number of hydrogen-bond donors (Lipinski definition) is 2. The number of nitrogens with one attached hydrogen (secondary N) is 1. The van der Waals surface area contributed by atoms with Gasteiger partial charge in [-0.05, 0) is 36.4 Å². The summed E-state index contributed by atoms with van der Waals surface area (Å²) in [5, 5.41) is 12.2. The van der Waals surface area contributed by atoms with Crippen LogP contribution < -0.4 is 10.1 Å². The third-order valence-electron chi connectivity index (χ3n) is 3.94. The topological polar surface area (TPSA) is 76.4 Å². The van der Waals surface area contributed by atoms with E-state index in [1.54, 1.807) is 25.7 Å². The molecular weight excluding hydrogens is 306 g/mol. The van der Waals surface area contributed by atoms with E-state index >= 15 is 0 Å². The maximum Gasteiger partial charge on any atom is 0.335 e. The molecule has 0 fully saturated rings. The summed E-state index contributed by atoms with van der Waals surface area (Å²) in [6, 6.07) is 7.71. The Morgan fingerprint density at radius 2 is 2.25 bits per heavy atom. The maximum absolute atomic E-state index is 11.1. The number of nitrogens with zero attached hydrogens (tertiary/aromatic N) is 2. The summed E-state index contributed by atoms with van der Waals surface area (Å²) < 4.78 is 7.36. The van der Waals surface area contributed by atoms with E-state index in [0.29, 0.717) is 0 Å². The molecule has 0 amide bonds. The van der Waals surface area contributed by atoms with Crippen molar-refractivity contribution in [3.63, 3.8) is 0 Å². The molecule has 0 radical (unpaired) electrons. The third-order valence-corrected chi connectivity index (χ3v) is 3.94. The molecule has 1 aliphatic heterocycles. The molecule has 0 saturated carbocycles. The third kappa shape index (κ3) is 3.48. The molecule has 1 aromatic heterocycles. The molecule has 0 bridgehead atoms. The summed E-state index contributed by atoms with van der Waals surface area (Å²) in [4.78, 5) is 15.5. The number of ether oxygens (including phenoxy) is 1. The van der Waals surface area contributed by atoms with Gasteiger partial charge in [0, 0.05) is 12.7 Å². The van der Waals surface area contributed by atoms with Crippen molar-refractivity contribution < 1.29 is 14.6 Å². The standard InChI is InChI=1S/C18H19N3O3/c1-24-17-5-3-2-4-13(17)7-9-21-11-16(20-12-21)15-10-14(18(22)23)6-8-19-15/h2-6,8,10-12,15,19H,7,9H2,1H3,(H,22,23). The molecule has 3 rings (SSSR count). The normalized spacial score (nSPS) is 16.4. The summed E-state index contributed by atoms with van der Waals surface area (Å²) >= 11 is 0. The Hall–Kier alpha value is -3.02. The van der Waals surface area contributed by atoms with E-state index in [1.807, 2.05) is 35.0 Å². The predicted octanol–water partition coefficient (Wildman–Crippen LogP) is 2.30. The van der Waals surface area contributed by atoms with Crippen LogP contribution in [0.2, 0.25) is 0 Å². The first-order valence-corrected chi connectivity index (χ1v) is 7.68. The minimum atomic E-state index is -0.937. The van der Waals surface area contributed by atoms with Crippen LogP contribution in [0.1, 0.15) is 17.3 Å². The number of aryl methyl sites for hydroxylation is 2. The van der Waals surface area contributed by atoms with E-state index in [1.165, 1.54) is 6.08 Å². The van der Waals surface area contributed by atoms with Gasteiger partial charge in [-0.3, -0.25) is 0 Å². The molecule has 0 aliphatic carbocycles. The summed E-state index contributed by atoms with van der Waals surface area (Å²) in [7, 11) is 1.67. The second-order valence-corrected chi connectivity index (χ2v) is 5.50. The number of hydrogen-bond acceptors (Lipinski definition) is 4. The summed E-state index contributed by atoms with van der Waals surface area (Å²) in [6.45, 7) is 0.769. The number of benzene rings is 1. The van der Waals surface area contributed by atoms with Gasteiger partial charge < -0.3 is 19.7 Å². The number of dihydropyridines is 1. The van der Waals surface area contributed by atoms with Crippen LogP contribution in [0.5, 0.6) is 5.75 Å². The van der Waals surface area contributed by atoms with Crippen LogP contribution in [0.25, 0.3) is 0 Å². The minimum absolute atomic E-state index is 0.228. The quantitative estimate of drug-likeness (QED) is 0.852. The van der Waals surface area contributed by atoms with Crippen LogP contribution in [0.4, 0.5) is 0 Å². The van der Waals surface area contributed by atoms with Crippen LogP contribution >= 0.6 is 0 Å². The van der Waals surface area contributed by atoms with Crippen LogP contribution in [0.3, 0.4) is 0 Å². The fourth-order valence-electron chi connectivity index (χ4n) is 2.66. The van der Waals surface area contributed by atoms with Crippen LogP contribution in [0.15, 0.2) is 60.7 Å². The largest absolute Gasteiger partial charge is 0.496 e. The average molecular weight is 325 g/mol. The number of rotatable bonds is 6. The lowest BCUT2D eigenvalue weighted by Gasteiger charge is -2.15. The number of aliphatic carboxylic acids is 1. The van der Waals surface area contributed by atoms with Gasteiger partial charge in [0.2, 0.25) is 0 Å². The van der Waals surface area contributed by atoms with Crippen molar-refractivity contribution in [2.24, 2.45) is 0 Å². The zero-order chi connectivity index (χ0) is 16.9. The summed E-state index contributed by atoms with van der Waals surface area (Å²) in [5.74, 6) is -0.0562. The van der Waals surface area contributed by atoms with Gasteiger partial charge in [0.25, 0.3) is 0 Å². The number of para-hydroxylation sites is 1. The highest BCUT2D eigenvalue weighted by atomic mass is 16.5. The highest BCUT2D eigenvalue weighted by molar-refractivity contribution is 5.90. The van der Waals surface area contributed by atoms with Crippen LogP contribution in [-0.2, 0) is 17.8 Å². The lowest BCUT2D eigenvalue weighted by molar-refractivity contribution is -0.132. The fourth-order valence-corrected chi connectivity index (χ4v) is 2.66. The van der Waals surface area contributed by atoms with E-state index in [9.17, 15) is 4.79 Å². The molecule has 0 spiro atoms. The number of carboxylic acid groups (broad SMARTS) is 1. The lowest BCUT2D eigenvalue weighted by atomic mass is 10.1. The zero-order valence-electron chi connectivity index (χ0n) is 13.3. The lowest BCUT2D eigenvalue weighted by Crippen LogP contribution is -2.19. The van der Waals surface area contributed by atoms with Crippen LogP contribution in [-0.4, -0.2) is 27.7 Å². The molecule has 1 aliphatic rings. The van der Waals surface area contributed by atoms with Crippen molar-refractivity contribution in [3.8, 4) is 5.75 Å². The second kappa shape index (κ2) is 7.04. The molecule has 1 unspecified atom stereocenters. The SMILES string of the molecule is COc1ccccc1CCn1cnc(C2C=C(C(=O)O)C=CN2)c1. The van der Waals surface area contributed by atoms with Gasteiger partial charge in [-0.2, -0.15) is 0 Å². The number of imidazole rings is 1. The number of carbonyl (C=O) groups is 1. The molecule has 124 valence electrons. The van der Waals surface area contributed by atoms with Gasteiger partial charge in [0.15, 0.2) is 0 Å². The van der Waals surface area contributed by atoms with E-state index < -0.39 is 5.97 Å². The number of methoxy groups -OCH3 is 1. The van der Waals surface area contributed by atoms with E-state index in [-0.39, 0.29) is 11.6 Å². The zero-order valence-corrected chi connectivity index (χ0v) is 13.3. The van der Waals surface area contributed by atoms with Crippen molar-refractivity contribution in [1.82, 2.24) is 14.9 Å². The Morgan fingerprint density at radius 3 is 3.04 bits per heavy atom. The smallest absolute Gasteiger partial charge is 0.335 e. The molecule has 1 aromatic carbocycles. The molecule has 6 heteroatoms. The van der Waals surface area contributed by atoms with Crippen LogP contribution in [0, 0.1) is 0 Å². The van der Waals surface area contributed by atoms with Crippen molar-refractivity contribution in [1.29, 1.82) is 0 Å². The van der Waals surface area contributed by atoms with Crippen molar-refractivity contribution >= 4 is 5.97 Å². The first kappa shape index (κ1) is 15.9. The first-order chi connectivity index (χ1) is 11.7.